The molecule has 0 bridgehead atoms. The maximum Gasteiger partial charge on any atom is 0.244 e. The van der Waals surface area contributed by atoms with E-state index in [-0.39, 0.29) is 29.7 Å². The largest absolute Gasteiger partial charge is 0.322 e. The molecule has 2 aromatic carbocycles. The first-order valence-corrected chi connectivity index (χ1v) is 9.23. The lowest BCUT2D eigenvalue weighted by molar-refractivity contribution is -0.129. The van der Waals surface area contributed by atoms with E-state index in [0.29, 0.717) is 10.6 Å². The highest BCUT2D eigenvalue weighted by molar-refractivity contribution is 8.04. The highest BCUT2D eigenvalue weighted by atomic mass is 32.2. The Kier molecular flexibility index (Phi) is 5.71. The van der Waals surface area contributed by atoms with Gasteiger partial charge < -0.3 is 5.32 Å². The van der Waals surface area contributed by atoms with Crippen molar-refractivity contribution in [2.45, 2.75) is 6.92 Å². The number of amides is 2. The molecule has 7 heteroatoms. The standard InChI is InChI=1S/C20H17FN2O3S/c1-13-6-2-3-7-14(13)17(24)10-20-23(19(26)12-27-20)11-18(25)22-16-9-5-4-8-15(16)21/h2-10H,11-12H2,1H3,(H,22,25)/b20-10-. The van der Waals surface area contributed by atoms with Crippen LogP contribution in [0.15, 0.2) is 59.6 Å². The molecule has 1 N–H and O–H groups in total. The second-order valence-electron chi connectivity index (χ2n) is 5.96. The smallest absolute Gasteiger partial charge is 0.244 e. The molecule has 0 saturated carbocycles. The number of hydrogen-bond acceptors (Lipinski definition) is 4. The number of benzene rings is 2. The van der Waals surface area contributed by atoms with Crippen molar-refractivity contribution < 1.29 is 18.8 Å². The Morgan fingerprint density at radius 3 is 2.63 bits per heavy atom. The third-order valence-corrected chi connectivity index (χ3v) is 5.05. The number of thioether (sulfide) groups is 1. The first-order chi connectivity index (χ1) is 13.0. The molecule has 138 valence electrons. The topological polar surface area (TPSA) is 66.5 Å². The van der Waals surface area contributed by atoms with E-state index in [1.807, 2.05) is 19.1 Å². The summed E-state index contributed by atoms with van der Waals surface area (Å²) in [5.41, 5.74) is 1.42. The zero-order valence-electron chi connectivity index (χ0n) is 14.6. The number of para-hydroxylation sites is 1. The minimum absolute atomic E-state index is 0.0447. The molecule has 1 heterocycles. The van der Waals surface area contributed by atoms with Gasteiger partial charge in [0, 0.05) is 11.6 Å². The van der Waals surface area contributed by atoms with Gasteiger partial charge in [0.15, 0.2) is 5.78 Å². The Morgan fingerprint density at radius 2 is 1.89 bits per heavy atom. The summed E-state index contributed by atoms with van der Waals surface area (Å²) in [5, 5.41) is 2.86. The van der Waals surface area contributed by atoms with Crippen LogP contribution in [0.1, 0.15) is 15.9 Å². The average Bonchev–Trinajstić information content (AvgIpc) is 2.97. The van der Waals surface area contributed by atoms with Crippen LogP contribution in [0.25, 0.3) is 0 Å². The van der Waals surface area contributed by atoms with Gasteiger partial charge in [-0.1, -0.05) is 48.2 Å². The third kappa shape index (κ3) is 4.43. The van der Waals surface area contributed by atoms with Crippen LogP contribution >= 0.6 is 11.8 Å². The zero-order chi connectivity index (χ0) is 19.4. The number of carbonyl (C=O) groups excluding carboxylic acids is 3. The average molecular weight is 384 g/mol. The molecule has 0 aliphatic carbocycles. The van der Waals surface area contributed by atoms with Crippen LogP contribution in [0.4, 0.5) is 10.1 Å². The van der Waals surface area contributed by atoms with Crippen LogP contribution in [0.3, 0.4) is 0 Å². The zero-order valence-corrected chi connectivity index (χ0v) is 15.4. The highest BCUT2D eigenvalue weighted by Gasteiger charge is 2.29. The predicted molar refractivity (Wildman–Crippen MR) is 103 cm³/mol. The number of nitrogens with zero attached hydrogens (tertiary/aromatic N) is 1. The summed E-state index contributed by atoms with van der Waals surface area (Å²) >= 11 is 1.20. The second-order valence-corrected chi connectivity index (χ2v) is 6.95. The SMILES string of the molecule is Cc1ccccc1C(=O)/C=C1\SCC(=O)N1CC(=O)Nc1ccccc1F. The van der Waals surface area contributed by atoms with Crippen molar-refractivity contribution in [2.75, 3.05) is 17.6 Å². The maximum atomic E-state index is 13.7. The summed E-state index contributed by atoms with van der Waals surface area (Å²) in [4.78, 5) is 38.1. The Balaban J connectivity index is 1.74. The summed E-state index contributed by atoms with van der Waals surface area (Å²) < 4.78 is 13.7. The van der Waals surface area contributed by atoms with E-state index < -0.39 is 11.7 Å². The minimum Gasteiger partial charge on any atom is -0.322 e. The Labute approximate surface area is 160 Å². The fourth-order valence-corrected chi connectivity index (χ4v) is 3.58. The number of halogens is 1. The van der Waals surface area contributed by atoms with Gasteiger partial charge in [0.1, 0.15) is 12.4 Å². The van der Waals surface area contributed by atoms with Crippen LogP contribution in [-0.4, -0.2) is 34.8 Å². The van der Waals surface area contributed by atoms with Crippen molar-refractivity contribution in [3.8, 4) is 0 Å². The Bertz CT molecular complexity index is 942. The molecule has 5 nitrogen and oxygen atoms in total. The van der Waals surface area contributed by atoms with Crippen molar-refractivity contribution >= 4 is 35.0 Å². The molecule has 0 spiro atoms. The normalized spacial score (nSPS) is 15.3. The minimum atomic E-state index is -0.557. The van der Waals surface area contributed by atoms with Crippen molar-refractivity contribution in [1.82, 2.24) is 4.90 Å². The van der Waals surface area contributed by atoms with E-state index in [9.17, 15) is 18.8 Å². The van der Waals surface area contributed by atoms with Crippen LogP contribution in [0.2, 0.25) is 0 Å². The second kappa shape index (κ2) is 8.18. The molecular weight excluding hydrogens is 367 g/mol. The van der Waals surface area contributed by atoms with E-state index in [1.165, 1.54) is 40.9 Å². The summed E-state index contributed by atoms with van der Waals surface area (Å²) in [6.07, 6.45) is 1.37. The van der Waals surface area contributed by atoms with Crippen molar-refractivity contribution in [3.05, 3.63) is 76.6 Å². The molecule has 1 aliphatic heterocycles. The lowest BCUT2D eigenvalue weighted by Gasteiger charge is -2.17. The van der Waals surface area contributed by atoms with Crippen LogP contribution in [-0.2, 0) is 9.59 Å². The van der Waals surface area contributed by atoms with Gasteiger partial charge in [-0.05, 0) is 24.6 Å². The number of hydrogen-bond donors (Lipinski definition) is 1. The van der Waals surface area contributed by atoms with Gasteiger partial charge in [0.2, 0.25) is 11.8 Å². The molecule has 1 aliphatic rings. The van der Waals surface area contributed by atoms with Crippen LogP contribution in [0.5, 0.6) is 0 Å². The molecule has 0 radical (unpaired) electrons. The number of anilines is 1. The monoisotopic (exact) mass is 384 g/mol. The third-order valence-electron chi connectivity index (χ3n) is 4.03. The molecular formula is C20H17FN2O3S. The number of ketones is 1. The van der Waals surface area contributed by atoms with E-state index in [0.717, 1.165) is 5.56 Å². The molecule has 3 rings (SSSR count). The fourth-order valence-electron chi connectivity index (χ4n) is 2.64. The van der Waals surface area contributed by atoms with E-state index in [2.05, 4.69) is 5.32 Å². The lowest BCUT2D eigenvalue weighted by Crippen LogP contribution is -2.34. The first-order valence-electron chi connectivity index (χ1n) is 8.25. The molecule has 2 aromatic rings. The van der Waals surface area contributed by atoms with Gasteiger partial charge in [-0.25, -0.2) is 4.39 Å². The van der Waals surface area contributed by atoms with Crippen molar-refractivity contribution in [1.29, 1.82) is 0 Å². The number of aryl methyl sites for hydroxylation is 1. The Morgan fingerprint density at radius 1 is 1.19 bits per heavy atom. The summed E-state index contributed by atoms with van der Waals surface area (Å²) in [5.74, 6) is -1.44. The molecule has 0 aromatic heterocycles. The molecule has 0 atom stereocenters. The number of rotatable bonds is 5. The fraction of sp³-hybridized carbons (Fsp3) is 0.150. The van der Waals surface area contributed by atoms with Crippen molar-refractivity contribution in [2.24, 2.45) is 0 Å². The maximum absolute atomic E-state index is 13.7. The predicted octanol–water partition coefficient (Wildman–Crippen LogP) is 3.37. The quantitative estimate of drug-likeness (QED) is 0.634. The number of nitrogens with one attached hydrogen (secondary N) is 1. The number of carbonyl (C=O) groups is 3. The van der Waals surface area contributed by atoms with Crippen LogP contribution in [0, 0.1) is 12.7 Å². The van der Waals surface area contributed by atoms with Gasteiger partial charge in [0.05, 0.1) is 16.5 Å². The van der Waals surface area contributed by atoms with Crippen molar-refractivity contribution in [3.63, 3.8) is 0 Å². The van der Waals surface area contributed by atoms with Gasteiger partial charge in [0.25, 0.3) is 0 Å². The molecule has 0 unspecified atom stereocenters. The van der Waals surface area contributed by atoms with Crippen LogP contribution < -0.4 is 5.32 Å². The first kappa shape index (κ1) is 18.8. The molecule has 2 amide bonds. The highest BCUT2D eigenvalue weighted by Crippen LogP contribution is 2.29. The van der Waals surface area contributed by atoms with Gasteiger partial charge in [-0.3, -0.25) is 19.3 Å². The van der Waals surface area contributed by atoms with Gasteiger partial charge >= 0.3 is 0 Å². The molecule has 1 saturated heterocycles. The molecule has 27 heavy (non-hydrogen) atoms. The summed E-state index contributed by atoms with van der Waals surface area (Å²) in [6.45, 7) is 1.55. The van der Waals surface area contributed by atoms with Gasteiger partial charge in [-0.2, -0.15) is 0 Å². The van der Waals surface area contributed by atoms with Gasteiger partial charge in [-0.15, -0.1) is 0 Å². The lowest BCUT2D eigenvalue weighted by atomic mass is 10.1. The van der Waals surface area contributed by atoms with E-state index in [1.54, 1.807) is 18.2 Å². The summed E-state index contributed by atoms with van der Waals surface area (Å²) in [6, 6.07) is 12.9. The van der Waals surface area contributed by atoms with E-state index >= 15 is 0 Å². The Hall–Kier alpha value is -2.93. The molecule has 1 fully saturated rings. The van der Waals surface area contributed by atoms with E-state index in [4.69, 9.17) is 0 Å². The number of allylic oxidation sites excluding steroid dienone is 1. The summed E-state index contributed by atoms with van der Waals surface area (Å²) in [7, 11) is 0.